The molecular formula is C15H24N2O. The van der Waals surface area contributed by atoms with E-state index in [4.69, 9.17) is 4.42 Å². The molecule has 1 saturated carbocycles. The summed E-state index contributed by atoms with van der Waals surface area (Å²) in [7, 11) is 0. The molecule has 1 aromatic rings. The first-order valence-corrected chi connectivity index (χ1v) is 7.23. The number of furan rings is 1. The highest BCUT2D eigenvalue weighted by atomic mass is 16.3. The van der Waals surface area contributed by atoms with Gasteiger partial charge >= 0.3 is 0 Å². The van der Waals surface area contributed by atoms with Crippen molar-refractivity contribution in [2.45, 2.75) is 51.2 Å². The van der Waals surface area contributed by atoms with Gasteiger partial charge in [0.2, 0.25) is 0 Å². The molecule has 1 saturated heterocycles. The Balaban J connectivity index is 1.71. The average Bonchev–Trinajstić information content (AvgIpc) is 3.11. The Kier molecular flexibility index (Phi) is 3.20. The standard InChI is InChI=1S/C15H24N2O/c1-3-13-9-16-15(2,12-6-7-12)11-17(13)10-14-5-4-8-18-14/h4-5,8,12-13,16H,3,6-7,9-11H2,1-2H3. The number of rotatable bonds is 4. The largest absolute Gasteiger partial charge is 0.468 e. The summed E-state index contributed by atoms with van der Waals surface area (Å²) in [6.07, 6.45) is 5.77. The Morgan fingerprint density at radius 3 is 2.94 bits per heavy atom. The van der Waals surface area contributed by atoms with E-state index in [1.54, 1.807) is 6.26 Å². The molecule has 1 aliphatic heterocycles. The molecule has 0 bridgehead atoms. The molecule has 1 aliphatic carbocycles. The maximum atomic E-state index is 5.51. The van der Waals surface area contributed by atoms with Crippen molar-refractivity contribution in [3.8, 4) is 0 Å². The summed E-state index contributed by atoms with van der Waals surface area (Å²) in [5.74, 6) is 1.97. The number of nitrogens with one attached hydrogen (secondary N) is 1. The second-order valence-corrected chi connectivity index (χ2v) is 6.12. The molecule has 2 aliphatic rings. The summed E-state index contributed by atoms with van der Waals surface area (Å²) >= 11 is 0. The molecular weight excluding hydrogens is 224 g/mol. The van der Waals surface area contributed by atoms with Crippen molar-refractivity contribution < 1.29 is 4.42 Å². The Hall–Kier alpha value is -0.800. The molecule has 1 N–H and O–H groups in total. The summed E-state index contributed by atoms with van der Waals surface area (Å²) < 4.78 is 5.51. The summed E-state index contributed by atoms with van der Waals surface area (Å²) in [5, 5.41) is 3.80. The van der Waals surface area contributed by atoms with Crippen LogP contribution in [-0.2, 0) is 6.54 Å². The first-order valence-electron chi connectivity index (χ1n) is 7.23. The van der Waals surface area contributed by atoms with Gasteiger partial charge in [-0.3, -0.25) is 4.90 Å². The fraction of sp³-hybridized carbons (Fsp3) is 0.733. The Morgan fingerprint density at radius 1 is 1.50 bits per heavy atom. The second kappa shape index (κ2) is 4.71. The van der Waals surface area contributed by atoms with Gasteiger partial charge < -0.3 is 9.73 Å². The van der Waals surface area contributed by atoms with E-state index in [1.807, 2.05) is 6.07 Å². The minimum atomic E-state index is 0.318. The molecule has 18 heavy (non-hydrogen) atoms. The van der Waals surface area contributed by atoms with E-state index in [1.165, 1.54) is 19.3 Å². The number of hydrogen-bond donors (Lipinski definition) is 1. The molecule has 0 aromatic carbocycles. The molecule has 3 heteroatoms. The first kappa shape index (κ1) is 12.2. The van der Waals surface area contributed by atoms with Crippen LogP contribution in [-0.4, -0.2) is 29.6 Å². The van der Waals surface area contributed by atoms with Gasteiger partial charge in [0.1, 0.15) is 5.76 Å². The third-order valence-corrected chi connectivity index (χ3v) is 4.68. The minimum Gasteiger partial charge on any atom is -0.468 e. The summed E-state index contributed by atoms with van der Waals surface area (Å²) in [6.45, 7) is 7.89. The molecule has 2 atom stereocenters. The van der Waals surface area contributed by atoms with Crippen LogP contribution in [0.2, 0.25) is 0 Å². The summed E-state index contributed by atoms with van der Waals surface area (Å²) in [5.41, 5.74) is 0.318. The van der Waals surface area contributed by atoms with Gasteiger partial charge in [-0.2, -0.15) is 0 Å². The normalized spacial score (nSPS) is 33.8. The molecule has 3 nitrogen and oxygen atoms in total. The van der Waals surface area contributed by atoms with E-state index < -0.39 is 0 Å². The van der Waals surface area contributed by atoms with E-state index >= 15 is 0 Å². The van der Waals surface area contributed by atoms with Crippen LogP contribution in [0.5, 0.6) is 0 Å². The van der Waals surface area contributed by atoms with Crippen LogP contribution in [0, 0.1) is 5.92 Å². The second-order valence-electron chi connectivity index (χ2n) is 6.12. The zero-order chi connectivity index (χ0) is 12.6. The fourth-order valence-electron chi connectivity index (χ4n) is 3.27. The predicted molar refractivity (Wildman–Crippen MR) is 72.3 cm³/mol. The van der Waals surface area contributed by atoms with Crippen molar-refractivity contribution >= 4 is 0 Å². The molecule has 2 unspecified atom stereocenters. The smallest absolute Gasteiger partial charge is 0.117 e. The first-order chi connectivity index (χ1) is 8.71. The molecule has 3 rings (SSSR count). The van der Waals surface area contributed by atoms with Crippen LogP contribution in [0.4, 0.5) is 0 Å². The number of nitrogens with zero attached hydrogens (tertiary/aromatic N) is 1. The lowest BCUT2D eigenvalue weighted by Gasteiger charge is -2.46. The van der Waals surface area contributed by atoms with E-state index in [0.29, 0.717) is 11.6 Å². The van der Waals surface area contributed by atoms with Gasteiger partial charge in [0.15, 0.2) is 0 Å². The van der Waals surface area contributed by atoms with Crippen molar-refractivity contribution in [2.75, 3.05) is 13.1 Å². The topological polar surface area (TPSA) is 28.4 Å². The zero-order valence-electron chi connectivity index (χ0n) is 11.5. The zero-order valence-corrected chi connectivity index (χ0v) is 11.5. The van der Waals surface area contributed by atoms with Crippen molar-refractivity contribution in [1.29, 1.82) is 0 Å². The van der Waals surface area contributed by atoms with Crippen LogP contribution in [0.1, 0.15) is 38.9 Å². The third-order valence-electron chi connectivity index (χ3n) is 4.68. The van der Waals surface area contributed by atoms with Crippen molar-refractivity contribution in [3.63, 3.8) is 0 Å². The summed E-state index contributed by atoms with van der Waals surface area (Å²) in [4.78, 5) is 2.60. The fourth-order valence-corrected chi connectivity index (χ4v) is 3.27. The van der Waals surface area contributed by atoms with Gasteiger partial charge in [-0.15, -0.1) is 0 Å². The van der Waals surface area contributed by atoms with Crippen LogP contribution in [0.25, 0.3) is 0 Å². The Morgan fingerprint density at radius 2 is 2.33 bits per heavy atom. The number of piperazine rings is 1. The van der Waals surface area contributed by atoms with Gasteiger partial charge in [-0.1, -0.05) is 6.92 Å². The molecule has 1 aromatic heterocycles. The maximum absolute atomic E-state index is 5.51. The lowest BCUT2D eigenvalue weighted by molar-refractivity contribution is 0.0611. The van der Waals surface area contributed by atoms with E-state index in [0.717, 1.165) is 31.3 Å². The molecule has 0 radical (unpaired) electrons. The van der Waals surface area contributed by atoms with Crippen LogP contribution >= 0.6 is 0 Å². The van der Waals surface area contributed by atoms with Gasteiger partial charge in [-0.05, 0) is 44.2 Å². The van der Waals surface area contributed by atoms with Crippen molar-refractivity contribution in [2.24, 2.45) is 5.92 Å². The number of hydrogen-bond acceptors (Lipinski definition) is 3. The molecule has 0 amide bonds. The highest BCUT2D eigenvalue weighted by Crippen LogP contribution is 2.41. The summed E-state index contributed by atoms with van der Waals surface area (Å²) in [6, 6.07) is 4.71. The highest BCUT2D eigenvalue weighted by molar-refractivity contribution is 5.06. The predicted octanol–water partition coefficient (Wildman–Crippen LogP) is 2.63. The van der Waals surface area contributed by atoms with Crippen LogP contribution in [0.15, 0.2) is 22.8 Å². The van der Waals surface area contributed by atoms with Gasteiger partial charge in [0.05, 0.1) is 12.8 Å². The van der Waals surface area contributed by atoms with E-state index in [2.05, 4.69) is 30.1 Å². The third kappa shape index (κ3) is 2.34. The molecule has 2 heterocycles. The molecule has 2 fully saturated rings. The molecule has 0 spiro atoms. The minimum absolute atomic E-state index is 0.318. The SMILES string of the molecule is CCC1CNC(C)(C2CC2)CN1Cc1ccco1. The Bertz CT molecular complexity index is 385. The van der Waals surface area contributed by atoms with Crippen molar-refractivity contribution in [3.05, 3.63) is 24.2 Å². The lowest BCUT2D eigenvalue weighted by Crippen LogP contribution is -2.63. The van der Waals surface area contributed by atoms with Gasteiger partial charge in [0, 0.05) is 24.7 Å². The van der Waals surface area contributed by atoms with Crippen LogP contribution in [0.3, 0.4) is 0 Å². The quantitative estimate of drug-likeness (QED) is 0.888. The average molecular weight is 248 g/mol. The highest BCUT2D eigenvalue weighted by Gasteiger charge is 2.45. The van der Waals surface area contributed by atoms with Gasteiger partial charge in [-0.25, -0.2) is 0 Å². The van der Waals surface area contributed by atoms with E-state index in [-0.39, 0.29) is 0 Å². The monoisotopic (exact) mass is 248 g/mol. The maximum Gasteiger partial charge on any atom is 0.117 e. The molecule has 100 valence electrons. The van der Waals surface area contributed by atoms with Crippen molar-refractivity contribution in [1.82, 2.24) is 10.2 Å². The van der Waals surface area contributed by atoms with Crippen LogP contribution < -0.4 is 5.32 Å². The van der Waals surface area contributed by atoms with E-state index in [9.17, 15) is 0 Å². The lowest BCUT2D eigenvalue weighted by atomic mass is 9.90. The van der Waals surface area contributed by atoms with Gasteiger partial charge in [0.25, 0.3) is 0 Å². The Labute approximate surface area is 110 Å².